The maximum Gasteiger partial charge on any atom is 0.416 e. The van der Waals surface area contributed by atoms with Crippen LogP contribution in [0.15, 0.2) is 34.1 Å². The lowest BCUT2D eigenvalue weighted by molar-refractivity contribution is -0.143. The number of aromatic amines is 1. The number of thiazole rings is 1. The van der Waals surface area contributed by atoms with Gasteiger partial charge in [-0.1, -0.05) is 31.3 Å². The second-order valence-corrected chi connectivity index (χ2v) is 12.7. The molecule has 2 aliphatic heterocycles. The van der Waals surface area contributed by atoms with Gasteiger partial charge in [-0.3, -0.25) is 24.1 Å². The summed E-state index contributed by atoms with van der Waals surface area (Å²) in [5.74, 6) is -2.49. The summed E-state index contributed by atoms with van der Waals surface area (Å²) in [4.78, 5) is 56.2. The highest BCUT2D eigenvalue weighted by Gasteiger charge is 2.70. The Balaban J connectivity index is 1.22. The number of carbonyl (C=O) groups excluding carboxylic acids is 3. The first-order chi connectivity index (χ1) is 16.9. The Morgan fingerprint density at radius 1 is 1.17 bits per heavy atom. The molecule has 3 fully saturated rings. The molecule has 0 unspecified atom stereocenters. The Morgan fingerprint density at radius 2 is 1.86 bits per heavy atom. The number of nitrogens with one attached hydrogen (secondary N) is 2. The van der Waals surface area contributed by atoms with Crippen LogP contribution in [0.2, 0.25) is 0 Å². The molecule has 2 aliphatic carbocycles. The molecule has 36 heavy (non-hydrogen) atoms. The molecule has 3 amide bonds. The maximum absolute atomic E-state index is 13.4. The molecule has 1 aromatic heterocycles. The van der Waals surface area contributed by atoms with Gasteiger partial charge in [-0.05, 0) is 42.4 Å². The van der Waals surface area contributed by atoms with Gasteiger partial charge in [-0.15, -0.1) is 11.8 Å². The Bertz CT molecular complexity index is 1370. The molecule has 6 rings (SSSR count). The highest BCUT2D eigenvalue weighted by Crippen LogP contribution is 2.68. The number of rotatable bonds is 3. The van der Waals surface area contributed by atoms with Crippen molar-refractivity contribution in [2.45, 2.75) is 42.1 Å². The molecule has 6 atom stereocenters. The van der Waals surface area contributed by atoms with Crippen LogP contribution in [-0.2, 0) is 26.0 Å². The fourth-order valence-electron chi connectivity index (χ4n) is 6.99. The molecule has 12 heteroatoms. The van der Waals surface area contributed by atoms with Gasteiger partial charge in [0, 0.05) is 21.2 Å². The number of fused-ring (bicyclic) bond motifs is 9. The number of thioether (sulfide) groups is 1. The first-order valence-electron chi connectivity index (χ1n) is 11.6. The van der Waals surface area contributed by atoms with Crippen molar-refractivity contribution in [2.75, 3.05) is 11.9 Å². The third-order valence-electron chi connectivity index (χ3n) is 8.26. The maximum atomic E-state index is 13.4. The van der Waals surface area contributed by atoms with Crippen LogP contribution in [0.3, 0.4) is 0 Å². The van der Waals surface area contributed by atoms with Gasteiger partial charge in [0.2, 0.25) is 17.7 Å². The normalized spacial score (nSPS) is 31.9. The summed E-state index contributed by atoms with van der Waals surface area (Å²) < 4.78 is 39.0. The van der Waals surface area contributed by atoms with Gasteiger partial charge in [0.25, 0.3) is 0 Å². The van der Waals surface area contributed by atoms with E-state index in [9.17, 15) is 32.3 Å². The van der Waals surface area contributed by atoms with Crippen LogP contribution in [0.5, 0.6) is 0 Å². The van der Waals surface area contributed by atoms with Crippen molar-refractivity contribution in [3.63, 3.8) is 0 Å². The molecular weight excluding hydrogens is 515 g/mol. The minimum Gasteiger partial charge on any atom is -0.325 e. The van der Waals surface area contributed by atoms with Crippen molar-refractivity contribution in [1.82, 2.24) is 9.88 Å². The first kappa shape index (κ1) is 23.8. The van der Waals surface area contributed by atoms with Crippen LogP contribution in [0, 0.1) is 29.6 Å². The van der Waals surface area contributed by atoms with E-state index in [1.165, 1.54) is 23.5 Å². The van der Waals surface area contributed by atoms with Gasteiger partial charge in [0.15, 0.2) is 0 Å². The SMILES string of the molecule is CC1(C)c2sc(=O)[nH]c2S[C@@H]2[C@H]3C[C@@H]([C@@H]4C(=O)N(CC(=O)Nc5cccc(C(F)(F)F)c5)C(=O)[C@H]34)[C@@H]21. The molecule has 0 spiro atoms. The molecule has 0 radical (unpaired) electrons. The van der Waals surface area contributed by atoms with E-state index in [1.54, 1.807) is 11.8 Å². The number of benzene rings is 1. The van der Waals surface area contributed by atoms with E-state index in [-0.39, 0.29) is 44.9 Å². The molecule has 4 aliphatic rings. The minimum atomic E-state index is -4.56. The number of alkyl halides is 3. The standard InChI is InChI=1S/C24H22F3N3O4S2/c1-23(2)16-11-7-12(17(16)35-19-18(23)36-22(34)29-19)15-14(11)20(32)30(21(15)33)8-13(31)28-10-5-3-4-9(6-10)24(25,26)27/h3-6,11-12,14-17H,7-8H2,1-2H3,(H,28,31)(H,29,34)/t11-,12-,14-,15+,16-,17+/m0/s1. The number of amides is 3. The molecule has 2 aromatic rings. The third kappa shape index (κ3) is 3.33. The second-order valence-electron chi connectivity index (χ2n) is 10.5. The fourth-order valence-corrected chi connectivity index (χ4v) is 10.1. The minimum absolute atomic E-state index is 0.0363. The predicted octanol–water partition coefficient (Wildman–Crippen LogP) is 3.71. The first-order valence-corrected chi connectivity index (χ1v) is 13.3. The highest BCUT2D eigenvalue weighted by atomic mass is 32.2. The Hall–Kier alpha value is -2.60. The fraction of sp³-hybridized carbons (Fsp3) is 0.500. The number of H-pyrrole nitrogens is 1. The van der Waals surface area contributed by atoms with E-state index in [4.69, 9.17) is 0 Å². The van der Waals surface area contributed by atoms with Crippen molar-refractivity contribution in [3.8, 4) is 0 Å². The molecule has 2 saturated carbocycles. The Kier molecular flexibility index (Phi) is 5.09. The van der Waals surface area contributed by atoms with Gasteiger partial charge >= 0.3 is 11.0 Å². The number of carbonyl (C=O) groups is 3. The van der Waals surface area contributed by atoms with Crippen LogP contribution in [-0.4, -0.2) is 39.4 Å². The zero-order valence-corrected chi connectivity index (χ0v) is 20.9. The molecule has 3 heterocycles. The van der Waals surface area contributed by atoms with E-state index in [0.29, 0.717) is 0 Å². The summed E-state index contributed by atoms with van der Waals surface area (Å²) in [5.41, 5.74) is -1.30. The smallest absolute Gasteiger partial charge is 0.325 e. The zero-order valence-electron chi connectivity index (χ0n) is 19.2. The summed E-state index contributed by atoms with van der Waals surface area (Å²) in [6.07, 6.45) is -3.81. The highest BCUT2D eigenvalue weighted by molar-refractivity contribution is 8.00. The zero-order chi connectivity index (χ0) is 25.7. The van der Waals surface area contributed by atoms with Crippen LogP contribution >= 0.6 is 23.1 Å². The lowest BCUT2D eigenvalue weighted by Crippen LogP contribution is -2.48. The van der Waals surface area contributed by atoms with Gasteiger partial charge < -0.3 is 10.3 Å². The van der Waals surface area contributed by atoms with Crippen LogP contribution < -0.4 is 10.2 Å². The van der Waals surface area contributed by atoms with Crippen molar-refractivity contribution in [2.24, 2.45) is 29.6 Å². The number of likely N-dealkylation sites (tertiary alicyclic amines) is 1. The molecule has 2 bridgehead atoms. The number of nitrogens with zero attached hydrogens (tertiary/aromatic N) is 1. The summed E-state index contributed by atoms with van der Waals surface area (Å²) >= 11 is 2.78. The predicted molar refractivity (Wildman–Crippen MR) is 126 cm³/mol. The van der Waals surface area contributed by atoms with Gasteiger partial charge in [-0.2, -0.15) is 13.2 Å². The summed E-state index contributed by atoms with van der Waals surface area (Å²) in [7, 11) is 0. The van der Waals surface area contributed by atoms with E-state index in [0.717, 1.165) is 33.4 Å². The Labute approximate surface area is 211 Å². The molecular formula is C24H22F3N3O4S2. The van der Waals surface area contributed by atoms with E-state index < -0.39 is 41.9 Å². The van der Waals surface area contributed by atoms with Crippen LogP contribution in [0.4, 0.5) is 18.9 Å². The molecule has 1 aromatic carbocycles. The van der Waals surface area contributed by atoms with Gasteiger partial charge in [0.1, 0.15) is 6.54 Å². The number of hydrogen-bond donors (Lipinski definition) is 2. The van der Waals surface area contributed by atoms with Gasteiger partial charge in [0.05, 0.1) is 22.4 Å². The van der Waals surface area contributed by atoms with Crippen LogP contribution in [0.1, 0.15) is 30.7 Å². The van der Waals surface area contributed by atoms with Gasteiger partial charge in [-0.25, -0.2) is 0 Å². The number of halogens is 3. The summed E-state index contributed by atoms with van der Waals surface area (Å²) in [5, 5.41) is 3.31. The van der Waals surface area contributed by atoms with E-state index in [1.807, 2.05) is 0 Å². The summed E-state index contributed by atoms with van der Waals surface area (Å²) in [6, 6.07) is 4.21. The van der Waals surface area contributed by atoms with Crippen molar-refractivity contribution in [3.05, 3.63) is 44.4 Å². The van der Waals surface area contributed by atoms with Crippen molar-refractivity contribution in [1.29, 1.82) is 0 Å². The lowest BCUT2D eigenvalue weighted by Gasteiger charge is -2.47. The monoisotopic (exact) mass is 537 g/mol. The number of aromatic nitrogens is 1. The average Bonchev–Trinajstić information content (AvgIpc) is 3.51. The Morgan fingerprint density at radius 3 is 2.56 bits per heavy atom. The molecule has 7 nitrogen and oxygen atoms in total. The third-order valence-corrected chi connectivity index (χ3v) is 11.1. The van der Waals surface area contributed by atoms with E-state index in [2.05, 4.69) is 24.1 Å². The largest absolute Gasteiger partial charge is 0.416 e. The number of imide groups is 1. The number of anilines is 1. The number of hydrogen-bond acceptors (Lipinski definition) is 6. The quantitative estimate of drug-likeness (QED) is 0.582. The van der Waals surface area contributed by atoms with Crippen molar-refractivity contribution >= 4 is 46.5 Å². The summed E-state index contributed by atoms with van der Waals surface area (Å²) in [6.45, 7) is 3.64. The average molecular weight is 538 g/mol. The van der Waals surface area contributed by atoms with Crippen molar-refractivity contribution < 1.29 is 27.6 Å². The van der Waals surface area contributed by atoms with Crippen LogP contribution in [0.25, 0.3) is 0 Å². The molecule has 190 valence electrons. The molecule has 2 N–H and O–H groups in total. The van der Waals surface area contributed by atoms with E-state index >= 15 is 0 Å². The molecule has 1 saturated heterocycles. The second kappa shape index (κ2) is 7.70. The lowest BCUT2D eigenvalue weighted by atomic mass is 9.64. The topological polar surface area (TPSA) is 99.3 Å².